The number of benzene rings is 1. The van der Waals surface area contributed by atoms with E-state index in [0.29, 0.717) is 0 Å². The minimum Gasteiger partial charge on any atom is -0.343 e. The van der Waals surface area contributed by atoms with E-state index in [9.17, 15) is 18.0 Å². The van der Waals surface area contributed by atoms with Gasteiger partial charge in [-0.15, -0.1) is 0 Å². The number of carbonyl (C=O) groups excluding carboxylic acids is 1. The molecule has 0 aliphatic carbocycles. The van der Waals surface area contributed by atoms with E-state index in [1.54, 1.807) is 0 Å². The van der Waals surface area contributed by atoms with Gasteiger partial charge in [-0.3, -0.25) is 0 Å². The summed E-state index contributed by atoms with van der Waals surface area (Å²) < 4.78 is 39.9. The van der Waals surface area contributed by atoms with Crippen LogP contribution in [-0.2, 0) is 10.7 Å². The van der Waals surface area contributed by atoms with Gasteiger partial charge in [-0.05, 0) is 17.7 Å². The fraction of sp³-hybridized carbons (Fsp3) is 0.222. The molecule has 0 unspecified atom stereocenters. The van der Waals surface area contributed by atoms with Crippen molar-refractivity contribution in [2.45, 2.75) is 12.6 Å². The molecule has 0 N–H and O–H groups in total. The number of alkyl halides is 3. The topological polar surface area (TPSA) is 26.3 Å². The Hall–Kier alpha value is -1.23. The van der Waals surface area contributed by atoms with Gasteiger partial charge in [-0.1, -0.05) is 12.1 Å². The second kappa shape index (κ2) is 4.53. The zero-order chi connectivity index (χ0) is 11.5. The van der Waals surface area contributed by atoms with Crippen LogP contribution in [0.4, 0.5) is 13.2 Å². The molecule has 0 atom stereocenters. The number of rotatable bonds is 2. The van der Waals surface area contributed by atoms with Gasteiger partial charge >= 0.3 is 12.1 Å². The van der Waals surface area contributed by atoms with Gasteiger partial charge in [-0.2, -0.15) is 13.2 Å². The van der Waals surface area contributed by atoms with Crippen LogP contribution in [0.15, 0.2) is 24.3 Å². The zero-order valence-corrected chi connectivity index (χ0v) is 8.10. The van der Waals surface area contributed by atoms with E-state index < -0.39 is 18.6 Å². The van der Waals surface area contributed by atoms with Crippen LogP contribution in [0.2, 0.25) is 0 Å². The van der Waals surface area contributed by atoms with Gasteiger partial charge < -0.3 is 4.29 Å². The lowest BCUT2D eigenvalue weighted by Crippen LogP contribution is -2.12. The van der Waals surface area contributed by atoms with Crippen molar-refractivity contribution in [1.82, 2.24) is 0 Å². The van der Waals surface area contributed by atoms with Crippen LogP contribution in [0.1, 0.15) is 15.9 Å². The molecule has 0 fully saturated rings. The van der Waals surface area contributed by atoms with Gasteiger partial charge in [0.1, 0.15) is 11.9 Å². The molecule has 0 spiro atoms. The van der Waals surface area contributed by atoms with Gasteiger partial charge in [0.05, 0.1) is 12.0 Å². The second-order valence-corrected chi connectivity index (χ2v) is 3.01. The summed E-state index contributed by atoms with van der Waals surface area (Å²) in [5.74, 6) is -0.874. The van der Waals surface area contributed by atoms with Gasteiger partial charge in [0.25, 0.3) is 0 Å². The molecule has 0 amide bonds. The first-order chi connectivity index (χ1) is 6.92. The molecule has 0 radical (unpaired) electrons. The number of hydrogen-bond acceptors (Lipinski definition) is 2. The van der Waals surface area contributed by atoms with Crippen LogP contribution in [0.25, 0.3) is 0 Å². The first kappa shape index (κ1) is 11.8. The molecule has 0 bridgehead atoms. The lowest BCUT2D eigenvalue weighted by molar-refractivity contribution is -0.127. The summed E-state index contributed by atoms with van der Waals surface area (Å²) in [7, 11) is 0. The van der Waals surface area contributed by atoms with Crippen molar-refractivity contribution in [1.29, 1.82) is 0 Å². The molecule has 0 saturated carbocycles. The van der Waals surface area contributed by atoms with Crippen molar-refractivity contribution < 1.29 is 22.3 Å². The molecule has 0 heterocycles. The Morgan fingerprint density at radius 3 is 2.60 bits per heavy atom. The highest BCUT2D eigenvalue weighted by molar-refractivity contribution is 6.15. The fourth-order valence-corrected chi connectivity index (χ4v) is 1.17. The van der Waals surface area contributed by atoms with Gasteiger partial charge in [0.15, 0.2) is 0 Å². The number of hydrogen-bond donors (Lipinski definition) is 0. The fourth-order valence-electron chi connectivity index (χ4n) is 1.08. The van der Waals surface area contributed by atoms with E-state index in [-0.39, 0.29) is 11.1 Å². The van der Waals surface area contributed by atoms with E-state index in [1.165, 1.54) is 18.2 Å². The standard InChI is InChI=1S/C9H6ClF3O2/c10-15-8(14)7-3-1-2-6(4-7)5-9(11,12)13/h1-4H,5H2. The third kappa shape index (κ3) is 3.79. The molecule has 6 heteroatoms. The molecule has 2 nitrogen and oxygen atoms in total. The smallest absolute Gasteiger partial charge is 0.343 e. The molecule has 1 rings (SSSR count). The minimum absolute atomic E-state index is 0.00764. The van der Waals surface area contributed by atoms with Crippen LogP contribution in [0.5, 0.6) is 0 Å². The molecule has 0 aromatic heterocycles. The maximum atomic E-state index is 12.0. The third-order valence-corrected chi connectivity index (χ3v) is 1.78. The van der Waals surface area contributed by atoms with Crippen molar-refractivity contribution in [3.8, 4) is 0 Å². The minimum atomic E-state index is -4.30. The van der Waals surface area contributed by atoms with Crippen molar-refractivity contribution >= 4 is 17.8 Å². The van der Waals surface area contributed by atoms with E-state index in [2.05, 4.69) is 4.29 Å². The van der Waals surface area contributed by atoms with E-state index in [0.717, 1.165) is 6.07 Å². The van der Waals surface area contributed by atoms with Gasteiger partial charge in [0.2, 0.25) is 0 Å². The quantitative estimate of drug-likeness (QED) is 0.791. The summed E-state index contributed by atoms with van der Waals surface area (Å²) in [6, 6.07) is 5.03. The Morgan fingerprint density at radius 2 is 2.07 bits per heavy atom. The summed E-state index contributed by atoms with van der Waals surface area (Å²) >= 11 is 4.80. The lowest BCUT2D eigenvalue weighted by Gasteiger charge is -2.06. The molecule has 0 saturated heterocycles. The molecule has 1 aromatic rings. The van der Waals surface area contributed by atoms with E-state index in [1.807, 2.05) is 0 Å². The summed E-state index contributed by atoms with van der Waals surface area (Å²) in [6.07, 6.45) is -5.39. The van der Waals surface area contributed by atoms with Crippen molar-refractivity contribution in [3.63, 3.8) is 0 Å². The number of carbonyl (C=O) groups is 1. The highest BCUT2D eigenvalue weighted by Crippen LogP contribution is 2.21. The van der Waals surface area contributed by atoms with Gasteiger partial charge in [0, 0.05) is 0 Å². The maximum Gasteiger partial charge on any atom is 0.393 e. The molecular formula is C9H6ClF3O2. The highest BCUT2D eigenvalue weighted by Gasteiger charge is 2.27. The van der Waals surface area contributed by atoms with Crippen LogP contribution in [0.3, 0.4) is 0 Å². The normalized spacial score (nSPS) is 11.2. The maximum absolute atomic E-state index is 12.0. The molecule has 1 aromatic carbocycles. The summed E-state index contributed by atoms with van der Waals surface area (Å²) in [5.41, 5.74) is -0.0196. The first-order valence-electron chi connectivity index (χ1n) is 3.91. The Morgan fingerprint density at radius 1 is 1.40 bits per heavy atom. The third-order valence-electron chi connectivity index (χ3n) is 1.64. The number of halogens is 4. The lowest BCUT2D eigenvalue weighted by atomic mass is 10.1. The Balaban J connectivity index is 2.88. The first-order valence-corrected chi connectivity index (χ1v) is 4.22. The van der Waals surface area contributed by atoms with E-state index >= 15 is 0 Å². The largest absolute Gasteiger partial charge is 0.393 e. The predicted molar refractivity (Wildman–Crippen MR) is 47.5 cm³/mol. The Kier molecular flexibility index (Phi) is 3.57. The van der Waals surface area contributed by atoms with Crippen LogP contribution in [-0.4, -0.2) is 12.1 Å². The van der Waals surface area contributed by atoms with Crippen molar-refractivity contribution in [2.24, 2.45) is 0 Å². The summed E-state index contributed by atoms with van der Waals surface area (Å²) in [6.45, 7) is 0. The summed E-state index contributed by atoms with van der Waals surface area (Å²) in [4.78, 5) is 10.9. The second-order valence-electron chi connectivity index (χ2n) is 2.86. The van der Waals surface area contributed by atoms with Crippen molar-refractivity contribution in [3.05, 3.63) is 35.4 Å². The van der Waals surface area contributed by atoms with Crippen LogP contribution in [0, 0.1) is 0 Å². The predicted octanol–water partition coefficient (Wildman–Crippen LogP) is 3.10. The summed E-state index contributed by atoms with van der Waals surface area (Å²) in [5, 5.41) is 0. The monoisotopic (exact) mass is 238 g/mol. The Bertz CT molecular complexity index is 363. The average Bonchev–Trinajstić information content (AvgIpc) is 2.14. The van der Waals surface area contributed by atoms with Crippen molar-refractivity contribution in [2.75, 3.05) is 0 Å². The van der Waals surface area contributed by atoms with Gasteiger partial charge in [-0.25, -0.2) is 4.79 Å². The zero-order valence-electron chi connectivity index (χ0n) is 7.34. The molecule has 82 valence electrons. The molecule has 0 aliphatic heterocycles. The SMILES string of the molecule is O=C(OCl)c1cccc(CC(F)(F)F)c1. The van der Waals surface area contributed by atoms with E-state index in [4.69, 9.17) is 11.9 Å². The Labute approximate surface area is 88.8 Å². The van der Waals surface area contributed by atoms with Crippen LogP contribution >= 0.6 is 11.9 Å². The highest BCUT2D eigenvalue weighted by atomic mass is 35.5. The molecular weight excluding hydrogens is 233 g/mol. The molecule has 0 aliphatic rings. The average molecular weight is 239 g/mol. The molecule has 15 heavy (non-hydrogen) atoms. The van der Waals surface area contributed by atoms with Crippen LogP contribution < -0.4 is 0 Å².